The second-order valence-corrected chi connectivity index (χ2v) is 6.91. The highest BCUT2D eigenvalue weighted by atomic mass is 35.5. The van der Waals surface area contributed by atoms with E-state index in [-0.39, 0.29) is 20.9 Å². The van der Waals surface area contributed by atoms with Crippen LogP contribution >= 0.6 is 22.9 Å². The number of carbonyl (C=O) groups excluding carboxylic acids is 1. The predicted octanol–water partition coefficient (Wildman–Crippen LogP) is 4.83. The topological polar surface area (TPSA) is 72.2 Å². The Bertz CT molecular complexity index is 858. The summed E-state index contributed by atoms with van der Waals surface area (Å²) in [6.45, 7) is 0. The Labute approximate surface area is 153 Å². The minimum absolute atomic E-state index is 0.00822. The molecule has 0 aliphatic rings. The van der Waals surface area contributed by atoms with E-state index in [2.05, 4.69) is 5.32 Å². The largest absolute Gasteiger partial charge is 0.340 e. The minimum Gasteiger partial charge on any atom is -0.340 e. The molecule has 3 aromatic rings. The van der Waals surface area contributed by atoms with E-state index >= 15 is 0 Å². The van der Waals surface area contributed by atoms with Crippen LogP contribution in [0.2, 0.25) is 4.34 Å². The van der Waals surface area contributed by atoms with E-state index < -0.39 is 10.8 Å². The van der Waals surface area contributed by atoms with Gasteiger partial charge in [0.05, 0.1) is 11.0 Å². The van der Waals surface area contributed by atoms with Crippen LogP contribution in [0.3, 0.4) is 0 Å². The standard InChI is InChI=1S/C18H13ClN2O3S/c19-17-14(21(23)24)11-15(25-17)18(22)20-16(12-7-3-1-4-8-12)13-9-5-2-6-10-13/h1-11,16H,(H,20,22). The van der Waals surface area contributed by atoms with Gasteiger partial charge in [-0.2, -0.15) is 0 Å². The molecule has 1 N–H and O–H groups in total. The zero-order valence-electron chi connectivity index (χ0n) is 12.9. The number of thiophene rings is 1. The molecule has 25 heavy (non-hydrogen) atoms. The molecule has 0 unspecified atom stereocenters. The molecule has 5 nitrogen and oxygen atoms in total. The van der Waals surface area contributed by atoms with Crippen LogP contribution in [-0.4, -0.2) is 10.8 Å². The Morgan fingerprint density at radius 2 is 1.56 bits per heavy atom. The molecule has 1 amide bonds. The molecule has 0 saturated carbocycles. The van der Waals surface area contributed by atoms with E-state index in [1.807, 2.05) is 60.7 Å². The van der Waals surface area contributed by atoms with Gasteiger partial charge in [0.25, 0.3) is 11.6 Å². The van der Waals surface area contributed by atoms with Gasteiger partial charge in [-0.15, -0.1) is 11.3 Å². The van der Waals surface area contributed by atoms with Crippen LogP contribution in [0.4, 0.5) is 5.69 Å². The van der Waals surface area contributed by atoms with Crippen LogP contribution in [0, 0.1) is 10.1 Å². The molecule has 2 aromatic carbocycles. The molecule has 0 aliphatic carbocycles. The van der Waals surface area contributed by atoms with Crippen molar-refractivity contribution in [1.29, 1.82) is 0 Å². The van der Waals surface area contributed by atoms with Crippen LogP contribution in [0.15, 0.2) is 66.7 Å². The summed E-state index contributed by atoms with van der Waals surface area (Å²) >= 11 is 6.75. The molecular formula is C18H13ClN2O3S. The summed E-state index contributed by atoms with van der Waals surface area (Å²) in [6.07, 6.45) is 0. The maximum absolute atomic E-state index is 12.6. The number of carbonyl (C=O) groups is 1. The molecule has 1 heterocycles. The fraction of sp³-hybridized carbons (Fsp3) is 0.0556. The van der Waals surface area contributed by atoms with E-state index in [0.717, 1.165) is 22.5 Å². The molecule has 0 atom stereocenters. The van der Waals surface area contributed by atoms with Crippen LogP contribution in [-0.2, 0) is 0 Å². The summed E-state index contributed by atoms with van der Waals surface area (Å²) in [6, 6.07) is 19.9. The van der Waals surface area contributed by atoms with Gasteiger partial charge in [-0.1, -0.05) is 72.3 Å². The van der Waals surface area contributed by atoms with Gasteiger partial charge in [0.15, 0.2) is 4.34 Å². The van der Waals surface area contributed by atoms with Crippen molar-refractivity contribution >= 4 is 34.5 Å². The molecule has 0 saturated heterocycles. The highest BCUT2D eigenvalue weighted by Crippen LogP contribution is 2.34. The van der Waals surface area contributed by atoms with Crippen molar-refractivity contribution in [2.75, 3.05) is 0 Å². The molecular weight excluding hydrogens is 360 g/mol. The second-order valence-electron chi connectivity index (χ2n) is 5.25. The molecule has 0 aliphatic heterocycles. The number of nitro groups is 1. The van der Waals surface area contributed by atoms with E-state index in [1.165, 1.54) is 6.07 Å². The first-order chi connectivity index (χ1) is 12.1. The van der Waals surface area contributed by atoms with Crippen molar-refractivity contribution in [3.63, 3.8) is 0 Å². The van der Waals surface area contributed by atoms with Crippen molar-refractivity contribution in [3.8, 4) is 0 Å². The van der Waals surface area contributed by atoms with Crippen LogP contribution < -0.4 is 5.32 Å². The quantitative estimate of drug-likeness (QED) is 0.515. The Kier molecular flexibility index (Phi) is 5.11. The Hall–Kier alpha value is -2.70. The van der Waals surface area contributed by atoms with Crippen molar-refractivity contribution in [1.82, 2.24) is 5.32 Å². The summed E-state index contributed by atoms with van der Waals surface area (Å²) in [5.41, 5.74) is 1.58. The molecule has 0 radical (unpaired) electrons. The smallest absolute Gasteiger partial charge is 0.299 e. The normalized spacial score (nSPS) is 10.6. The second kappa shape index (κ2) is 7.46. The molecule has 0 spiro atoms. The average molecular weight is 373 g/mol. The number of hydrogen-bond acceptors (Lipinski definition) is 4. The van der Waals surface area contributed by atoms with Crippen molar-refractivity contribution in [2.45, 2.75) is 6.04 Å². The zero-order valence-corrected chi connectivity index (χ0v) is 14.5. The van der Waals surface area contributed by atoms with Gasteiger partial charge in [-0.25, -0.2) is 0 Å². The Balaban J connectivity index is 1.92. The summed E-state index contributed by atoms with van der Waals surface area (Å²) in [7, 11) is 0. The number of nitrogens with one attached hydrogen (secondary N) is 1. The molecule has 3 rings (SSSR count). The first-order valence-electron chi connectivity index (χ1n) is 7.40. The van der Waals surface area contributed by atoms with E-state index in [4.69, 9.17) is 11.6 Å². The monoisotopic (exact) mass is 372 g/mol. The highest BCUT2D eigenvalue weighted by molar-refractivity contribution is 7.18. The van der Waals surface area contributed by atoms with Crippen LogP contribution in [0.5, 0.6) is 0 Å². The number of nitrogens with zero attached hydrogens (tertiary/aromatic N) is 1. The number of rotatable bonds is 5. The van der Waals surface area contributed by atoms with Gasteiger partial charge >= 0.3 is 0 Å². The summed E-state index contributed by atoms with van der Waals surface area (Å²) < 4.78 is -0.00822. The number of amides is 1. The highest BCUT2D eigenvalue weighted by Gasteiger charge is 2.23. The van der Waals surface area contributed by atoms with Gasteiger partial charge < -0.3 is 5.32 Å². The summed E-state index contributed by atoms with van der Waals surface area (Å²) in [5, 5.41) is 13.9. The molecule has 7 heteroatoms. The van der Waals surface area contributed by atoms with Gasteiger partial charge in [0, 0.05) is 6.07 Å². The van der Waals surface area contributed by atoms with Gasteiger partial charge in [-0.3, -0.25) is 14.9 Å². The lowest BCUT2D eigenvalue weighted by molar-refractivity contribution is -0.384. The zero-order chi connectivity index (χ0) is 17.8. The first kappa shape index (κ1) is 17.1. The number of benzene rings is 2. The van der Waals surface area contributed by atoms with Gasteiger partial charge in [-0.05, 0) is 11.1 Å². The lowest BCUT2D eigenvalue weighted by Gasteiger charge is -2.19. The third-order valence-electron chi connectivity index (χ3n) is 3.63. The lowest BCUT2D eigenvalue weighted by atomic mass is 9.98. The van der Waals surface area contributed by atoms with Crippen molar-refractivity contribution in [3.05, 3.63) is 97.2 Å². The number of halogens is 1. The van der Waals surface area contributed by atoms with E-state index in [9.17, 15) is 14.9 Å². The van der Waals surface area contributed by atoms with Crippen LogP contribution in [0.25, 0.3) is 0 Å². The maximum atomic E-state index is 12.6. The SMILES string of the molecule is O=C(NC(c1ccccc1)c1ccccc1)c1cc([N+](=O)[O-])c(Cl)s1. The third-order valence-corrected chi connectivity index (χ3v) is 4.97. The minimum atomic E-state index is -0.596. The molecule has 126 valence electrons. The fourth-order valence-electron chi connectivity index (χ4n) is 2.45. The molecule has 1 aromatic heterocycles. The van der Waals surface area contributed by atoms with E-state index in [1.54, 1.807) is 0 Å². The summed E-state index contributed by atoms with van der Waals surface area (Å²) in [5.74, 6) is -0.405. The molecule has 0 bridgehead atoms. The van der Waals surface area contributed by atoms with E-state index in [0.29, 0.717) is 0 Å². The predicted molar refractivity (Wildman–Crippen MR) is 98.2 cm³/mol. The number of hydrogen-bond donors (Lipinski definition) is 1. The average Bonchev–Trinajstić information content (AvgIpc) is 3.03. The maximum Gasteiger partial charge on any atom is 0.299 e. The first-order valence-corrected chi connectivity index (χ1v) is 8.60. The lowest BCUT2D eigenvalue weighted by Crippen LogP contribution is -2.28. The Morgan fingerprint density at radius 3 is 2.00 bits per heavy atom. The van der Waals surface area contributed by atoms with Gasteiger partial charge in [0.1, 0.15) is 4.88 Å². The van der Waals surface area contributed by atoms with Gasteiger partial charge in [0.2, 0.25) is 0 Å². The van der Waals surface area contributed by atoms with Crippen LogP contribution in [0.1, 0.15) is 26.8 Å². The third kappa shape index (κ3) is 3.87. The van der Waals surface area contributed by atoms with Crippen molar-refractivity contribution in [2.24, 2.45) is 0 Å². The fourth-order valence-corrected chi connectivity index (χ4v) is 3.57. The Morgan fingerprint density at radius 1 is 1.04 bits per heavy atom. The van der Waals surface area contributed by atoms with Crippen molar-refractivity contribution < 1.29 is 9.72 Å². The molecule has 0 fully saturated rings. The summed E-state index contributed by atoms with van der Waals surface area (Å²) in [4.78, 5) is 23.1.